The second-order valence-electron chi connectivity index (χ2n) is 8.39. The summed E-state index contributed by atoms with van der Waals surface area (Å²) in [6.45, 7) is 2.37. The number of nitrogens with two attached hydrogens (primary N) is 1. The third-order valence-electron chi connectivity index (χ3n) is 6.11. The van der Waals surface area contributed by atoms with E-state index < -0.39 is 20.9 Å². The summed E-state index contributed by atoms with van der Waals surface area (Å²) >= 11 is 5.97. The first-order valence-electron chi connectivity index (χ1n) is 10.8. The fourth-order valence-electron chi connectivity index (χ4n) is 4.09. The van der Waals surface area contributed by atoms with Gasteiger partial charge in [-0.05, 0) is 55.5 Å². The number of halogens is 3. The van der Waals surface area contributed by atoms with Crippen LogP contribution in [0.15, 0.2) is 53.7 Å². The van der Waals surface area contributed by atoms with E-state index >= 15 is 0 Å². The Labute approximate surface area is 207 Å². The molecule has 2 heterocycles. The van der Waals surface area contributed by atoms with E-state index in [0.29, 0.717) is 25.9 Å². The van der Waals surface area contributed by atoms with Gasteiger partial charge in [-0.2, -0.15) is 0 Å². The number of benzene rings is 2. The van der Waals surface area contributed by atoms with Gasteiger partial charge in [0.25, 0.3) is 15.9 Å². The molecule has 0 radical (unpaired) electrons. The van der Waals surface area contributed by atoms with Gasteiger partial charge in [-0.25, -0.2) is 27.3 Å². The summed E-state index contributed by atoms with van der Waals surface area (Å²) in [5.74, 6) is -1.13. The van der Waals surface area contributed by atoms with Gasteiger partial charge in [-0.3, -0.25) is 4.79 Å². The molecule has 4 rings (SSSR count). The highest BCUT2D eigenvalue weighted by atomic mass is 35.5. The van der Waals surface area contributed by atoms with Crippen molar-refractivity contribution in [2.45, 2.75) is 30.7 Å². The molecule has 7 nitrogen and oxygen atoms in total. The molecule has 1 amide bonds. The van der Waals surface area contributed by atoms with Crippen LogP contribution in [0.5, 0.6) is 0 Å². The summed E-state index contributed by atoms with van der Waals surface area (Å²) in [5, 5.41) is 7.79. The number of piperidine rings is 1. The number of carbonyl (C=O) groups is 1. The Bertz CT molecular complexity index is 1380. The van der Waals surface area contributed by atoms with Crippen LogP contribution in [0.1, 0.15) is 40.2 Å². The second kappa shape index (κ2) is 9.88. The minimum Gasteiger partial charge on any atom is -0.352 e. The number of nitrogens with one attached hydrogen (secondary N) is 1. The van der Waals surface area contributed by atoms with Crippen molar-refractivity contribution in [3.05, 3.63) is 82.0 Å². The number of hydrogen-bond donors (Lipinski definition) is 2. The molecular weight excluding hydrogens is 498 g/mol. The number of nitrogens with zero attached hydrogens (tertiary/aromatic N) is 2. The lowest BCUT2D eigenvalue weighted by Crippen LogP contribution is -2.38. The molecule has 0 aliphatic carbocycles. The van der Waals surface area contributed by atoms with Gasteiger partial charge in [0.1, 0.15) is 5.82 Å². The first-order chi connectivity index (χ1) is 16.5. The Morgan fingerprint density at radius 2 is 1.77 bits per heavy atom. The van der Waals surface area contributed by atoms with E-state index in [1.54, 1.807) is 17.0 Å². The summed E-state index contributed by atoms with van der Waals surface area (Å²) in [5.41, 5.74) is 1.35. The van der Waals surface area contributed by atoms with Crippen LogP contribution in [0.3, 0.4) is 0 Å². The zero-order chi connectivity index (χ0) is 25.3. The summed E-state index contributed by atoms with van der Waals surface area (Å²) in [6, 6.07) is 10.3. The van der Waals surface area contributed by atoms with Crippen LogP contribution in [0, 0.1) is 18.6 Å². The zero-order valence-corrected chi connectivity index (χ0v) is 20.3. The molecular formula is C24H23ClF2N4O3S. The maximum absolute atomic E-state index is 14.8. The van der Waals surface area contributed by atoms with Crippen molar-refractivity contribution in [3.63, 3.8) is 0 Å². The zero-order valence-electron chi connectivity index (χ0n) is 18.8. The number of carbonyl (C=O) groups excluding carboxylic acids is 1. The summed E-state index contributed by atoms with van der Waals surface area (Å²) in [6.07, 6.45) is 2.47. The van der Waals surface area contributed by atoms with Crippen LogP contribution < -0.4 is 10.5 Å². The van der Waals surface area contributed by atoms with Crippen LogP contribution in [0.4, 0.5) is 20.2 Å². The average Bonchev–Trinajstić information content (AvgIpc) is 2.84. The smallest absolute Gasteiger partial charge is 0.257 e. The number of likely N-dealkylation sites (tertiary alicyclic amines) is 1. The van der Waals surface area contributed by atoms with E-state index in [1.165, 1.54) is 31.2 Å². The van der Waals surface area contributed by atoms with Crippen LogP contribution in [-0.2, 0) is 10.0 Å². The molecule has 0 spiro atoms. The van der Waals surface area contributed by atoms with Gasteiger partial charge in [0.15, 0.2) is 10.8 Å². The number of amides is 1. The fourth-order valence-corrected chi connectivity index (χ4v) is 4.72. The number of pyridine rings is 1. The molecule has 0 bridgehead atoms. The molecule has 3 N–H and O–H groups in total. The maximum atomic E-state index is 14.8. The molecule has 11 heteroatoms. The van der Waals surface area contributed by atoms with Gasteiger partial charge in [0.2, 0.25) is 0 Å². The number of anilines is 2. The van der Waals surface area contributed by atoms with Gasteiger partial charge >= 0.3 is 0 Å². The van der Waals surface area contributed by atoms with Gasteiger partial charge in [-0.15, -0.1) is 0 Å². The third-order valence-corrected chi connectivity index (χ3v) is 7.33. The molecule has 184 valence electrons. The van der Waals surface area contributed by atoms with Crippen molar-refractivity contribution < 1.29 is 22.0 Å². The van der Waals surface area contributed by atoms with Crippen molar-refractivity contribution in [1.82, 2.24) is 9.88 Å². The van der Waals surface area contributed by atoms with Crippen molar-refractivity contribution in [2.75, 3.05) is 18.4 Å². The van der Waals surface area contributed by atoms with Crippen molar-refractivity contribution >= 4 is 38.9 Å². The van der Waals surface area contributed by atoms with Gasteiger partial charge < -0.3 is 10.2 Å². The molecule has 1 aromatic heterocycles. The monoisotopic (exact) mass is 520 g/mol. The lowest BCUT2D eigenvalue weighted by atomic mass is 9.89. The number of aromatic nitrogens is 1. The van der Waals surface area contributed by atoms with Gasteiger partial charge in [0, 0.05) is 35.9 Å². The number of hydrogen-bond acceptors (Lipinski definition) is 5. The predicted octanol–water partition coefficient (Wildman–Crippen LogP) is 4.73. The fraction of sp³-hybridized carbons (Fsp3) is 0.250. The number of rotatable bonds is 5. The molecule has 1 aliphatic rings. The second-order valence-corrected chi connectivity index (χ2v) is 10.3. The first-order valence-corrected chi connectivity index (χ1v) is 12.8. The maximum Gasteiger partial charge on any atom is 0.257 e. The number of primary sulfonamides is 1. The van der Waals surface area contributed by atoms with E-state index in [4.69, 9.17) is 16.7 Å². The molecule has 0 saturated carbocycles. The highest BCUT2D eigenvalue weighted by Gasteiger charge is 2.27. The lowest BCUT2D eigenvalue weighted by Gasteiger charge is -2.32. The van der Waals surface area contributed by atoms with Crippen molar-refractivity contribution in [3.8, 4) is 0 Å². The van der Waals surface area contributed by atoms with Crippen LogP contribution >= 0.6 is 11.6 Å². The predicted molar refractivity (Wildman–Crippen MR) is 129 cm³/mol. The molecule has 35 heavy (non-hydrogen) atoms. The minimum absolute atomic E-state index is 0.0162. The summed E-state index contributed by atoms with van der Waals surface area (Å²) in [7, 11) is -4.17. The highest BCUT2D eigenvalue weighted by Crippen LogP contribution is 2.32. The number of sulfonamides is 1. The molecule has 2 aromatic carbocycles. The van der Waals surface area contributed by atoms with E-state index in [-0.39, 0.29) is 45.2 Å². The minimum atomic E-state index is -4.17. The third kappa shape index (κ3) is 5.44. The SMILES string of the molecule is Cc1c(Cl)ccc(Nc2cc(S(N)(=O)=O)ncc2C(=O)N2CCC(c3ccc(F)cc3)CC2)c1F. The lowest BCUT2D eigenvalue weighted by molar-refractivity contribution is 0.0713. The Kier molecular flexibility index (Phi) is 7.07. The Balaban J connectivity index is 1.61. The largest absolute Gasteiger partial charge is 0.352 e. The molecule has 0 unspecified atom stereocenters. The molecule has 0 atom stereocenters. The van der Waals surface area contributed by atoms with Crippen molar-refractivity contribution in [2.24, 2.45) is 5.14 Å². The molecule has 3 aromatic rings. The Morgan fingerprint density at radius 1 is 1.11 bits per heavy atom. The Hall–Kier alpha value is -3.08. The van der Waals surface area contributed by atoms with E-state index in [0.717, 1.165) is 17.8 Å². The molecule has 1 fully saturated rings. The van der Waals surface area contributed by atoms with E-state index in [9.17, 15) is 22.0 Å². The Morgan fingerprint density at radius 3 is 2.40 bits per heavy atom. The van der Waals surface area contributed by atoms with Crippen LogP contribution in [-0.4, -0.2) is 37.3 Å². The van der Waals surface area contributed by atoms with Gasteiger partial charge in [-0.1, -0.05) is 23.7 Å². The first kappa shape index (κ1) is 25.0. The quantitative estimate of drug-likeness (QED) is 0.506. The standard InChI is InChI=1S/C24H23ClF2N4O3S/c1-14-19(25)6-7-20(23(14)27)30-21-12-22(35(28,33)34)29-13-18(21)24(32)31-10-8-16(9-11-31)15-2-4-17(26)5-3-15/h2-7,12-13,16H,8-11H2,1H3,(H,29,30)(H2,28,33,34). The average molecular weight is 521 g/mol. The normalized spacial score (nSPS) is 14.7. The highest BCUT2D eigenvalue weighted by molar-refractivity contribution is 7.89. The van der Waals surface area contributed by atoms with E-state index in [1.807, 2.05) is 0 Å². The summed E-state index contributed by atoms with van der Waals surface area (Å²) in [4.78, 5) is 18.8. The topological polar surface area (TPSA) is 105 Å². The molecule has 1 saturated heterocycles. The van der Waals surface area contributed by atoms with Gasteiger partial charge in [0.05, 0.1) is 16.9 Å². The van der Waals surface area contributed by atoms with E-state index in [2.05, 4.69) is 10.3 Å². The summed E-state index contributed by atoms with van der Waals surface area (Å²) < 4.78 is 51.7. The van der Waals surface area contributed by atoms with Crippen LogP contribution in [0.25, 0.3) is 0 Å². The van der Waals surface area contributed by atoms with Crippen LogP contribution in [0.2, 0.25) is 5.02 Å². The van der Waals surface area contributed by atoms with Crippen molar-refractivity contribution in [1.29, 1.82) is 0 Å². The molecule has 1 aliphatic heterocycles.